The Morgan fingerprint density at radius 3 is 1.80 bits per heavy atom. The number of nitrogens with one attached hydrogen (secondary N) is 1. The molecule has 1 aromatic carbocycles. The Bertz CT molecular complexity index is 3570. The van der Waals surface area contributed by atoms with E-state index < -0.39 is 143 Å². The molecular formula is C71H126BCoN13O14P-2. The molecule has 8 rings (SSSR count). The molecule has 27 nitrogen and oxygen atoms in total. The number of amides is 7. The number of hydrogen-bond acceptors (Lipinski definition) is 17. The van der Waals surface area contributed by atoms with Crippen molar-refractivity contribution in [2.75, 3.05) is 13.2 Å². The molecule has 1 aromatic heterocycles. The molecule has 4 radical (unpaired) electrons. The van der Waals surface area contributed by atoms with Crippen LogP contribution >= 0.6 is 7.82 Å². The van der Waals surface area contributed by atoms with Crippen molar-refractivity contribution in [3.63, 3.8) is 0 Å². The first-order valence-electron chi connectivity index (χ1n) is 30.5. The van der Waals surface area contributed by atoms with Crippen molar-refractivity contribution in [1.29, 1.82) is 0 Å². The zero-order chi connectivity index (χ0) is 66.7. The van der Waals surface area contributed by atoms with Crippen LogP contribution in [0.15, 0.2) is 67.8 Å². The van der Waals surface area contributed by atoms with E-state index in [1.165, 1.54) is 13.3 Å². The second-order valence-corrected chi connectivity index (χ2v) is 28.4. The van der Waals surface area contributed by atoms with Gasteiger partial charge in [0.2, 0.25) is 41.4 Å². The summed E-state index contributed by atoms with van der Waals surface area (Å²) in [4.78, 5) is 125. The fraction of sp³-hybridized carbons (Fsp3) is 0.662. The van der Waals surface area contributed by atoms with Gasteiger partial charge in [0, 0.05) is 141 Å². The number of aliphatic imine (C=N–C) groups is 3. The fourth-order valence-electron chi connectivity index (χ4n) is 15.3. The first-order valence-corrected chi connectivity index (χ1v) is 32.0. The number of aliphatic hydroxyl groups is 2. The Kier molecular flexibility index (Phi) is 37.8. The summed E-state index contributed by atoms with van der Waals surface area (Å²) in [7, 11) is -5.07. The van der Waals surface area contributed by atoms with Crippen molar-refractivity contribution in [3.05, 3.63) is 76.6 Å². The standard InChI is InChI=1S/C62H90N13O14P.8CH4.CH3.B.Co.H2/c1-29-20-39-40(21-30(29)2)75(28-70-39)57-52(84)53(41(27-76)87-57)89-90(85,86)88-31(3)26-69-49(83)18-19-59(8)37(22-46(66)80)56-62(11)61(10,25-48(68)82)36(14-17-45(65)79)51(74-62)33(5)55-60(9,24-47(67)81)34(12-15-43(63)77)38(71-55)23-42-58(6,7)35(13-16-44(64)78)50(72-42)32(4)54(59)73-56;;;;;;;;;;;;/h20-21,23,28,31,34-37,41,52-53,56-57,76,84H,12-19,22,24-27H2,1-11H3,(H15,63,64,65,66,67,68,69,71,72,73,74,77,78,79,80,81,82,83,85,86);8*1H4;1H3;;;1H/q;;;;;;;;;-1;;;/p-1/i;;;;;;;;;;;;1+1. The van der Waals surface area contributed by atoms with Crippen LogP contribution in [0.4, 0.5) is 0 Å². The fourth-order valence-corrected chi connectivity index (χ4v) is 16.5. The summed E-state index contributed by atoms with van der Waals surface area (Å²) in [6, 6.07) is 2.68. The Morgan fingerprint density at radius 2 is 1.28 bits per heavy atom. The molecule has 6 aliphatic rings. The number of allylic oxidation sites excluding steroid dienone is 6. The zero-order valence-electron chi connectivity index (χ0n) is 55.1. The minimum Gasteiger partial charge on any atom is -0.680 e. The first kappa shape index (κ1) is 101. The average molecular weight is 1490 g/mol. The molecule has 578 valence electrons. The maximum Gasteiger partial charge on any atom is 0.472 e. The van der Waals surface area contributed by atoms with Gasteiger partial charge < -0.3 is 76.9 Å². The number of aliphatic hydroxyl groups excluding tert-OH is 2. The van der Waals surface area contributed by atoms with E-state index >= 15 is 0 Å². The van der Waals surface area contributed by atoms with E-state index in [4.69, 9.17) is 68.5 Å². The molecule has 2 saturated heterocycles. The van der Waals surface area contributed by atoms with Crippen LogP contribution in [-0.2, 0) is 68.7 Å². The number of aromatic nitrogens is 2. The molecule has 15 unspecified atom stereocenters. The minimum atomic E-state index is -5.07. The van der Waals surface area contributed by atoms with E-state index in [9.17, 15) is 53.2 Å². The predicted octanol–water partition coefficient (Wildman–Crippen LogP) is 9.35. The number of aryl methyl sites for hydroxylation is 2. The van der Waals surface area contributed by atoms with Crippen LogP contribution in [0.5, 0.6) is 0 Å². The van der Waals surface area contributed by atoms with Gasteiger partial charge in [0.15, 0.2) is 6.23 Å². The van der Waals surface area contributed by atoms with Crippen molar-refractivity contribution in [2.24, 2.45) is 94.7 Å². The molecule has 7 amide bonds. The van der Waals surface area contributed by atoms with E-state index in [1.54, 1.807) is 11.5 Å². The Morgan fingerprint density at radius 1 is 0.743 bits per heavy atom. The van der Waals surface area contributed by atoms with Gasteiger partial charge in [-0.05, 0) is 118 Å². The molecule has 0 saturated carbocycles. The summed E-state index contributed by atoms with van der Waals surface area (Å²) in [5.41, 5.74) is 36.8. The van der Waals surface area contributed by atoms with Gasteiger partial charge in [-0.2, -0.15) is 5.70 Å². The second kappa shape index (κ2) is 37.8. The van der Waals surface area contributed by atoms with Gasteiger partial charge in [-0.15, -0.1) is 0 Å². The molecule has 16 N–H and O–H groups in total. The number of nitrogens with two attached hydrogens (primary N) is 6. The molecule has 6 aliphatic heterocycles. The molecule has 2 aromatic rings. The smallest absolute Gasteiger partial charge is 0.472 e. The van der Waals surface area contributed by atoms with Crippen molar-refractivity contribution in [2.45, 2.75) is 248 Å². The Balaban J connectivity index is -0.00000261. The van der Waals surface area contributed by atoms with Gasteiger partial charge in [-0.1, -0.05) is 106 Å². The number of phosphoric acid groups is 1. The van der Waals surface area contributed by atoms with Crippen molar-refractivity contribution in [1.82, 2.24) is 14.9 Å². The summed E-state index contributed by atoms with van der Waals surface area (Å²) in [5.74, 6) is -7.34. The monoisotopic (exact) mass is 1490 g/mol. The minimum absolute atomic E-state index is 0. The molecule has 30 heteroatoms. The van der Waals surface area contributed by atoms with E-state index in [2.05, 4.69) is 10.3 Å². The number of imidazole rings is 1. The second-order valence-electron chi connectivity index (χ2n) is 27.0. The van der Waals surface area contributed by atoms with Gasteiger partial charge >= 0.3 is 7.82 Å². The maximum absolute atomic E-state index is 14.4. The van der Waals surface area contributed by atoms with Crippen molar-refractivity contribution < 1.29 is 85.2 Å². The summed E-state index contributed by atoms with van der Waals surface area (Å²) in [6.07, 6.45) is -4.47. The Hall–Kier alpha value is -6.43. The number of phosphoric ester groups is 1. The average Bonchev–Trinajstić information content (AvgIpc) is 1.53. The van der Waals surface area contributed by atoms with Crippen molar-refractivity contribution in [3.8, 4) is 0 Å². The Labute approximate surface area is 615 Å². The third-order valence-electron chi connectivity index (χ3n) is 20.5. The van der Waals surface area contributed by atoms with Crippen LogP contribution in [-0.4, -0.2) is 141 Å². The van der Waals surface area contributed by atoms with Crippen LogP contribution < -0.4 is 39.7 Å². The molecule has 2 fully saturated rings. The molecule has 0 spiro atoms. The number of fused-ring (bicyclic) bond motifs is 7. The van der Waals surface area contributed by atoms with E-state index in [-0.39, 0.29) is 171 Å². The van der Waals surface area contributed by atoms with Gasteiger partial charge in [-0.3, -0.25) is 57.6 Å². The number of hydrogen-bond donors (Lipinski definition) is 10. The third kappa shape index (κ3) is 19.5. The van der Waals surface area contributed by atoms with Crippen LogP contribution in [0.1, 0.15) is 211 Å². The van der Waals surface area contributed by atoms with Gasteiger partial charge in [0.05, 0.1) is 30.1 Å². The summed E-state index contributed by atoms with van der Waals surface area (Å²) < 4.78 is 32.3. The first-order chi connectivity index (χ1) is 41.8. The van der Waals surface area contributed by atoms with Gasteiger partial charge in [-0.25, -0.2) is 9.55 Å². The third-order valence-corrected chi connectivity index (χ3v) is 21.6. The molecular weight excluding hydrogens is 1360 g/mol. The number of carbonyl (C=O) groups is 7. The number of nitrogens with zero attached hydrogens (tertiary/aromatic N) is 6. The molecule has 8 bridgehead atoms. The quantitative estimate of drug-likeness (QED) is 0.0238. The van der Waals surface area contributed by atoms with Crippen LogP contribution in [0, 0.1) is 66.6 Å². The molecule has 7 heterocycles. The molecule has 15 atom stereocenters. The topological polar surface area (TPSA) is 462 Å². The number of ether oxygens (including phenoxy) is 1. The van der Waals surface area contributed by atoms with E-state index in [1.807, 2.05) is 80.5 Å². The predicted molar refractivity (Wildman–Crippen MR) is 402 cm³/mol. The maximum atomic E-state index is 14.4. The summed E-state index contributed by atoms with van der Waals surface area (Å²) in [6.45, 7) is 19.1. The van der Waals surface area contributed by atoms with Crippen molar-refractivity contribution >= 4 is 85.8 Å². The van der Waals surface area contributed by atoms with Gasteiger partial charge in [0.25, 0.3) is 0 Å². The van der Waals surface area contributed by atoms with Crippen LogP contribution in [0.2, 0.25) is 0 Å². The SMILES string of the molecule is C.C.C.C.C.C.C.C.CC1=C2N=C(C=C3N=C(C(C)=C4[N-]C(C)(C5N=C1C(C)(CCC(=O)NCC(C)OP(=O)(O)OC1C(CO)OC(n6cnc7cc(C)c(C)cc76)C1O)C5CC(N)=O)C(C)(CC(N)=O)C4CCC(N)=O)C(C)(CC(N)=O)C3CCC(N)=O)C(C)(C)C2CCC(N)=O.[2HH].[B].[CH3-].[Co]. The number of carbonyl (C=O) groups excluding carboxylic acids is 7. The van der Waals surface area contributed by atoms with E-state index in [0.717, 1.165) is 11.1 Å². The molecule has 101 heavy (non-hydrogen) atoms. The number of benzene rings is 1. The number of rotatable bonds is 26. The summed E-state index contributed by atoms with van der Waals surface area (Å²) in [5, 5.41) is 30.2. The van der Waals surface area contributed by atoms with E-state index in [0.29, 0.717) is 56.4 Å². The number of primary amides is 6. The molecule has 0 aliphatic carbocycles. The normalized spacial score (nSPS) is 28.6. The van der Waals surface area contributed by atoms with Crippen LogP contribution in [0.3, 0.4) is 0 Å². The van der Waals surface area contributed by atoms with Gasteiger partial charge in [0.1, 0.15) is 18.3 Å². The largest absolute Gasteiger partial charge is 0.680 e. The van der Waals surface area contributed by atoms with Crippen LogP contribution in [0.25, 0.3) is 16.4 Å². The zero-order valence-corrected chi connectivity index (χ0v) is 57.0. The summed E-state index contributed by atoms with van der Waals surface area (Å²) >= 11 is 0.